The highest BCUT2D eigenvalue weighted by atomic mass is 35.5. The highest BCUT2D eigenvalue weighted by Gasteiger charge is 2.50. The van der Waals surface area contributed by atoms with Crippen LogP contribution in [0.25, 0.3) is 0 Å². The second-order valence-electron chi connectivity index (χ2n) is 7.49. The highest BCUT2D eigenvalue weighted by Crippen LogP contribution is 2.49. The quantitative estimate of drug-likeness (QED) is 0.513. The highest BCUT2D eigenvalue weighted by molar-refractivity contribution is 6.32. The number of carbonyl (C=O) groups is 2. The first-order valence-electron chi connectivity index (χ1n) is 9.74. The van der Waals surface area contributed by atoms with Crippen molar-refractivity contribution in [2.24, 2.45) is 5.41 Å². The van der Waals surface area contributed by atoms with E-state index in [1.807, 2.05) is 0 Å². The first-order valence-corrected chi connectivity index (χ1v) is 10.1. The van der Waals surface area contributed by atoms with E-state index in [2.05, 4.69) is 15.3 Å². The maximum atomic E-state index is 13.9. The number of aromatic nitrogens is 2. The first-order chi connectivity index (χ1) is 15.0. The summed E-state index contributed by atoms with van der Waals surface area (Å²) in [6.07, 6.45) is 5.77. The van der Waals surface area contributed by atoms with Crippen LogP contribution in [-0.2, 0) is 11.3 Å². The van der Waals surface area contributed by atoms with E-state index in [0.29, 0.717) is 30.7 Å². The van der Waals surface area contributed by atoms with Crippen LogP contribution in [0.3, 0.4) is 0 Å². The van der Waals surface area contributed by atoms with Gasteiger partial charge in [-0.05, 0) is 42.7 Å². The van der Waals surface area contributed by atoms with Crippen LogP contribution in [0.5, 0.6) is 11.5 Å². The van der Waals surface area contributed by atoms with Crippen LogP contribution < -0.4 is 10.1 Å². The number of nitrogens with one attached hydrogen (secondary N) is 1. The first kappa shape index (κ1) is 20.9. The smallest absolute Gasteiger partial charge is 0.226 e. The van der Waals surface area contributed by atoms with Crippen LogP contribution in [-0.4, -0.2) is 21.7 Å². The molecule has 0 unspecified atom stereocenters. The van der Waals surface area contributed by atoms with Gasteiger partial charge in [0.2, 0.25) is 5.91 Å². The Balaban J connectivity index is 1.33. The molecule has 2 aromatic carbocycles. The number of hydrogen-bond donors (Lipinski definition) is 1. The standard InChI is InChI=1S/C23H19ClFN3O3/c24-18-2-1-3-19(25)21(18)31-17-6-4-15(5-7-17)11-28-22(30)23(8-9-23)10-20(29)16-12-26-14-27-13-16/h1-7,12-14H,8-11H2,(H,28,30). The van der Waals surface area contributed by atoms with Gasteiger partial charge in [0.1, 0.15) is 12.1 Å². The molecule has 1 aliphatic carbocycles. The Hall–Kier alpha value is -3.32. The van der Waals surface area contributed by atoms with Gasteiger partial charge in [0, 0.05) is 25.4 Å². The van der Waals surface area contributed by atoms with Crippen LogP contribution in [0.2, 0.25) is 5.02 Å². The topological polar surface area (TPSA) is 81.2 Å². The third kappa shape index (κ3) is 4.88. The zero-order valence-corrected chi connectivity index (χ0v) is 17.2. The minimum atomic E-state index is -0.655. The molecule has 1 heterocycles. The lowest BCUT2D eigenvalue weighted by Crippen LogP contribution is -2.33. The van der Waals surface area contributed by atoms with Crippen molar-refractivity contribution >= 4 is 23.3 Å². The Labute approximate surface area is 183 Å². The molecule has 0 spiro atoms. The second kappa shape index (κ2) is 8.81. The van der Waals surface area contributed by atoms with Crippen molar-refractivity contribution in [3.63, 3.8) is 0 Å². The van der Waals surface area contributed by atoms with E-state index in [1.54, 1.807) is 30.3 Å². The Morgan fingerprint density at radius 2 is 1.81 bits per heavy atom. The molecule has 0 atom stereocenters. The van der Waals surface area contributed by atoms with E-state index in [0.717, 1.165) is 5.56 Å². The lowest BCUT2D eigenvalue weighted by atomic mass is 9.95. The Morgan fingerprint density at radius 1 is 1.10 bits per heavy atom. The van der Waals surface area contributed by atoms with E-state index >= 15 is 0 Å². The third-order valence-corrected chi connectivity index (χ3v) is 5.53. The lowest BCUT2D eigenvalue weighted by Gasteiger charge is -2.15. The van der Waals surface area contributed by atoms with Gasteiger partial charge in [0.15, 0.2) is 17.3 Å². The molecule has 1 amide bonds. The minimum Gasteiger partial charge on any atom is -0.453 e. The maximum Gasteiger partial charge on any atom is 0.226 e. The number of ether oxygens (including phenoxy) is 1. The van der Waals surface area contributed by atoms with Crippen LogP contribution in [0.1, 0.15) is 35.2 Å². The Kier molecular flexibility index (Phi) is 5.95. The van der Waals surface area contributed by atoms with E-state index in [9.17, 15) is 14.0 Å². The summed E-state index contributed by atoms with van der Waals surface area (Å²) in [6, 6.07) is 11.2. The lowest BCUT2D eigenvalue weighted by molar-refractivity contribution is -0.126. The Morgan fingerprint density at radius 3 is 2.45 bits per heavy atom. The molecule has 4 rings (SSSR count). The fraction of sp³-hybridized carbons (Fsp3) is 0.217. The van der Waals surface area contributed by atoms with Crippen molar-refractivity contribution in [3.8, 4) is 11.5 Å². The molecular formula is C23H19ClFN3O3. The average Bonchev–Trinajstić information content (AvgIpc) is 3.57. The summed E-state index contributed by atoms with van der Waals surface area (Å²) in [5.74, 6) is -0.432. The minimum absolute atomic E-state index is 0.0330. The van der Waals surface area contributed by atoms with E-state index in [4.69, 9.17) is 16.3 Å². The predicted molar refractivity (Wildman–Crippen MR) is 112 cm³/mol. The SMILES string of the molecule is O=C(CC1(C(=O)NCc2ccc(Oc3c(F)cccc3Cl)cc2)CC1)c1cncnc1. The number of halogens is 2. The van der Waals surface area contributed by atoms with Crippen LogP contribution in [0, 0.1) is 11.2 Å². The normalized spacial score (nSPS) is 14.0. The van der Waals surface area contributed by atoms with Gasteiger partial charge >= 0.3 is 0 Å². The van der Waals surface area contributed by atoms with E-state index in [-0.39, 0.29) is 28.9 Å². The number of benzene rings is 2. The number of amides is 1. The molecule has 1 saturated carbocycles. The molecule has 1 aliphatic rings. The van der Waals surface area contributed by atoms with Crippen molar-refractivity contribution in [3.05, 3.63) is 83.2 Å². The molecule has 3 aromatic rings. The fourth-order valence-corrected chi connectivity index (χ4v) is 3.43. The van der Waals surface area contributed by atoms with E-state index in [1.165, 1.54) is 30.9 Å². The number of ketones is 1. The molecule has 1 fully saturated rings. The molecule has 31 heavy (non-hydrogen) atoms. The summed E-state index contributed by atoms with van der Waals surface area (Å²) in [4.78, 5) is 32.8. The van der Waals surface area contributed by atoms with Gasteiger partial charge in [-0.1, -0.05) is 29.8 Å². The van der Waals surface area contributed by atoms with Crippen molar-refractivity contribution in [1.82, 2.24) is 15.3 Å². The summed E-state index contributed by atoms with van der Waals surface area (Å²) >= 11 is 5.98. The molecular weight excluding hydrogens is 421 g/mol. The monoisotopic (exact) mass is 439 g/mol. The average molecular weight is 440 g/mol. The number of Topliss-reactive ketones (excluding diaryl/α,β-unsaturated/α-hetero) is 1. The summed E-state index contributed by atoms with van der Waals surface area (Å²) < 4.78 is 19.4. The van der Waals surface area contributed by atoms with Crippen LogP contribution >= 0.6 is 11.6 Å². The molecule has 1 aromatic heterocycles. The van der Waals surface area contributed by atoms with Gasteiger partial charge < -0.3 is 10.1 Å². The number of hydrogen-bond acceptors (Lipinski definition) is 5. The molecule has 0 radical (unpaired) electrons. The van der Waals surface area contributed by atoms with Gasteiger partial charge in [0.25, 0.3) is 0 Å². The number of rotatable bonds is 8. The number of para-hydroxylation sites is 1. The van der Waals surface area contributed by atoms with Gasteiger partial charge in [-0.15, -0.1) is 0 Å². The molecule has 1 N–H and O–H groups in total. The fourth-order valence-electron chi connectivity index (χ4n) is 3.23. The van der Waals surface area contributed by atoms with Crippen LogP contribution in [0.4, 0.5) is 4.39 Å². The molecule has 0 saturated heterocycles. The maximum absolute atomic E-state index is 13.9. The van der Waals surface area contributed by atoms with Crippen molar-refractivity contribution < 1.29 is 18.7 Å². The predicted octanol–water partition coefficient (Wildman–Crippen LogP) is 4.73. The molecule has 0 aliphatic heterocycles. The summed E-state index contributed by atoms with van der Waals surface area (Å²) in [7, 11) is 0. The van der Waals surface area contributed by atoms with Gasteiger partial charge in [0.05, 0.1) is 16.0 Å². The Bertz CT molecular complexity index is 1080. The summed E-state index contributed by atoms with van der Waals surface area (Å²) in [5, 5.41) is 3.08. The zero-order chi connectivity index (χ0) is 21.8. The summed E-state index contributed by atoms with van der Waals surface area (Å²) in [6.45, 7) is 0.309. The van der Waals surface area contributed by atoms with E-state index < -0.39 is 11.2 Å². The molecule has 6 nitrogen and oxygen atoms in total. The second-order valence-corrected chi connectivity index (χ2v) is 7.89. The van der Waals surface area contributed by atoms with Gasteiger partial charge in [-0.2, -0.15) is 0 Å². The third-order valence-electron chi connectivity index (χ3n) is 5.23. The molecule has 0 bridgehead atoms. The number of nitrogens with zero attached hydrogens (tertiary/aromatic N) is 2. The van der Waals surface area contributed by atoms with Crippen molar-refractivity contribution in [2.75, 3.05) is 0 Å². The largest absolute Gasteiger partial charge is 0.453 e. The van der Waals surface area contributed by atoms with Gasteiger partial charge in [-0.3, -0.25) is 9.59 Å². The van der Waals surface area contributed by atoms with Crippen molar-refractivity contribution in [1.29, 1.82) is 0 Å². The number of carbonyl (C=O) groups excluding carboxylic acids is 2. The van der Waals surface area contributed by atoms with Gasteiger partial charge in [-0.25, -0.2) is 14.4 Å². The molecule has 158 valence electrons. The van der Waals surface area contributed by atoms with Crippen molar-refractivity contribution in [2.45, 2.75) is 25.8 Å². The molecule has 8 heteroatoms. The summed E-state index contributed by atoms with van der Waals surface area (Å²) in [5.41, 5.74) is 0.600. The zero-order valence-electron chi connectivity index (χ0n) is 16.5. The van der Waals surface area contributed by atoms with Crippen LogP contribution in [0.15, 0.2) is 61.2 Å².